The fourth-order valence-electron chi connectivity index (χ4n) is 9.19. The molecule has 59 heavy (non-hydrogen) atoms. The number of aromatic nitrogens is 1. The van der Waals surface area contributed by atoms with E-state index in [1.807, 2.05) is 11.3 Å². The smallest absolute Gasteiger partial charge is 0.0640 e. The van der Waals surface area contributed by atoms with Crippen molar-refractivity contribution in [1.29, 1.82) is 0 Å². The lowest BCUT2D eigenvalue weighted by atomic mass is 9.98. The van der Waals surface area contributed by atoms with E-state index in [4.69, 9.17) is 0 Å². The van der Waals surface area contributed by atoms with Gasteiger partial charge in [0.2, 0.25) is 0 Å². The number of fused-ring (bicyclic) bond motifs is 9. The van der Waals surface area contributed by atoms with Crippen LogP contribution in [0.1, 0.15) is 0 Å². The molecule has 276 valence electrons. The average molecular weight is 769 g/mol. The molecular formula is C56H36N2S. The maximum Gasteiger partial charge on any atom is 0.0640 e. The molecule has 0 spiro atoms. The zero-order valence-electron chi connectivity index (χ0n) is 32.1. The Balaban J connectivity index is 1.03. The van der Waals surface area contributed by atoms with Crippen LogP contribution in [0.4, 0.5) is 17.1 Å². The summed E-state index contributed by atoms with van der Waals surface area (Å²) in [4.78, 5) is 2.47. The first-order chi connectivity index (χ1) is 29.3. The van der Waals surface area contributed by atoms with Crippen molar-refractivity contribution in [3.63, 3.8) is 0 Å². The van der Waals surface area contributed by atoms with Gasteiger partial charge in [-0.15, -0.1) is 11.3 Å². The quantitative estimate of drug-likeness (QED) is 0.164. The van der Waals surface area contributed by atoms with Gasteiger partial charge >= 0.3 is 0 Å². The standard InChI is InChI=1S/C56H36N2S/c1-2-15-40-35-42(28-27-37(40)13-1)45-18-5-8-23-51(45)57(54-26-12-22-49-50-34-31-39-14-3-4-19-46(39)55(50)59-56(49)54)43-32-29-38(30-33-43)41-16-11-17-44(36-41)58-52-24-9-6-20-47(52)48-21-7-10-25-53(48)58/h1-36H. The molecule has 0 fully saturated rings. The summed E-state index contributed by atoms with van der Waals surface area (Å²) in [7, 11) is 0. The van der Waals surface area contributed by atoms with E-state index in [0.29, 0.717) is 0 Å². The lowest BCUT2D eigenvalue weighted by molar-refractivity contribution is 1.18. The molecular weight excluding hydrogens is 733 g/mol. The summed E-state index contributed by atoms with van der Waals surface area (Å²) in [6, 6.07) is 79.9. The molecule has 2 nitrogen and oxygen atoms in total. The van der Waals surface area contributed by atoms with E-state index >= 15 is 0 Å². The number of hydrogen-bond donors (Lipinski definition) is 0. The van der Waals surface area contributed by atoms with Gasteiger partial charge in [0, 0.05) is 43.2 Å². The summed E-state index contributed by atoms with van der Waals surface area (Å²) in [5.74, 6) is 0. The highest BCUT2D eigenvalue weighted by molar-refractivity contribution is 7.27. The molecule has 0 aliphatic carbocycles. The molecule has 0 bridgehead atoms. The summed E-state index contributed by atoms with van der Waals surface area (Å²) in [6.07, 6.45) is 0. The Hall–Kier alpha value is -7.46. The van der Waals surface area contributed by atoms with Gasteiger partial charge in [0.15, 0.2) is 0 Å². The zero-order valence-corrected chi connectivity index (χ0v) is 32.9. The zero-order chi connectivity index (χ0) is 38.9. The molecule has 0 aliphatic rings. The third-order valence-electron chi connectivity index (χ3n) is 12.0. The summed E-state index contributed by atoms with van der Waals surface area (Å²) in [5.41, 5.74) is 11.7. The van der Waals surface area contributed by atoms with Crippen molar-refractivity contribution in [2.75, 3.05) is 4.90 Å². The topological polar surface area (TPSA) is 8.17 Å². The fourth-order valence-corrected chi connectivity index (χ4v) is 10.5. The average Bonchev–Trinajstić information content (AvgIpc) is 3.86. The van der Waals surface area contributed by atoms with Gasteiger partial charge in [-0.1, -0.05) is 164 Å². The van der Waals surface area contributed by atoms with Gasteiger partial charge in [-0.05, 0) is 92.8 Å². The van der Waals surface area contributed by atoms with Gasteiger partial charge in [0.1, 0.15) is 0 Å². The predicted molar refractivity (Wildman–Crippen MR) is 254 cm³/mol. The maximum absolute atomic E-state index is 2.47. The van der Waals surface area contributed by atoms with Gasteiger partial charge in [-0.3, -0.25) is 0 Å². The lowest BCUT2D eigenvalue weighted by Crippen LogP contribution is -2.11. The normalized spacial score (nSPS) is 11.7. The summed E-state index contributed by atoms with van der Waals surface area (Å²) in [6.45, 7) is 0. The van der Waals surface area contributed by atoms with Crippen molar-refractivity contribution < 1.29 is 0 Å². The Kier molecular flexibility index (Phi) is 7.75. The van der Waals surface area contributed by atoms with E-state index in [9.17, 15) is 0 Å². The monoisotopic (exact) mass is 768 g/mol. The molecule has 10 aromatic carbocycles. The molecule has 0 aliphatic heterocycles. The van der Waals surface area contributed by atoms with Crippen molar-refractivity contribution in [3.8, 4) is 27.9 Å². The second-order valence-corrected chi connectivity index (χ2v) is 16.3. The maximum atomic E-state index is 2.47. The highest BCUT2D eigenvalue weighted by Crippen LogP contribution is 2.48. The highest BCUT2D eigenvalue weighted by Gasteiger charge is 2.22. The van der Waals surface area contributed by atoms with Crippen LogP contribution in [-0.4, -0.2) is 4.57 Å². The van der Waals surface area contributed by atoms with Crippen molar-refractivity contribution in [3.05, 3.63) is 218 Å². The minimum atomic E-state index is 1.11. The van der Waals surface area contributed by atoms with Crippen LogP contribution in [0.5, 0.6) is 0 Å². The number of para-hydroxylation sites is 3. The Labute approximate surface area is 346 Å². The lowest BCUT2D eigenvalue weighted by Gasteiger charge is -2.28. The molecule has 2 heterocycles. The van der Waals surface area contributed by atoms with Crippen LogP contribution >= 0.6 is 11.3 Å². The van der Waals surface area contributed by atoms with Gasteiger partial charge in [-0.25, -0.2) is 0 Å². The number of benzene rings is 10. The number of rotatable bonds is 6. The summed E-state index contributed by atoms with van der Waals surface area (Å²) in [5, 5.41) is 10.2. The highest BCUT2D eigenvalue weighted by atomic mass is 32.1. The molecule has 0 N–H and O–H groups in total. The van der Waals surface area contributed by atoms with E-state index < -0.39 is 0 Å². The van der Waals surface area contributed by atoms with Crippen LogP contribution in [0.15, 0.2) is 218 Å². The van der Waals surface area contributed by atoms with Crippen molar-refractivity contribution in [2.24, 2.45) is 0 Å². The van der Waals surface area contributed by atoms with E-state index in [1.54, 1.807) is 0 Å². The fraction of sp³-hybridized carbons (Fsp3) is 0. The molecule has 0 saturated carbocycles. The van der Waals surface area contributed by atoms with Crippen LogP contribution < -0.4 is 4.90 Å². The van der Waals surface area contributed by atoms with Gasteiger partial charge in [0.25, 0.3) is 0 Å². The van der Waals surface area contributed by atoms with Gasteiger partial charge in [0.05, 0.1) is 27.1 Å². The second-order valence-electron chi connectivity index (χ2n) is 15.3. The van der Waals surface area contributed by atoms with E-state index in [2.05, 4.69) is 228 Å². The SMILES string of the molecule is c1cc(-c2ccc(N(c3ccccc3-c3ccc4ccccc4c3)c3cccc4c3sc3c5ccccc5ccc43)cc2)cc(-n2c3ccccc3c3ccccc32)c1. The molecule has 0 radical (unpaired) electrons. The van der Waals surface area contributed by atoms with Crippen LogP contribution in [-0.2, 0) is 0 Å². The Bertz CT molecular complexity index is 3520. The first kappa shape index (κ1) is 33.7. The van der Waals surface area contributed by atoms with Gasteiger partial charge in [-0.2, -0.15) is 0 Å². The van der Waals surface area contributed by atoms with Crippen LogP contribution in [0.3, 0.4) is 0 Å². The first-order valence-corrected chi connectivity index (χ1v) is 21.0. The minimum absolute atomic E-state index is 1.11. The second kappa shape index (κ2) is 13.6. The van der Waals surface area contributed by atoms with Crippen LogP contribution in [0.25, 0.3) is 91.5 Å². The summed E-state index contributed by atoms with van der Waals surface area (Å²) >= 11 is 1.90. The molecule has 12 rings (SSSR count). The molecule has 0 unspecified atom stereocenters. The number of hydrogen-bond acceptors (Lipinski definition) is 2. The van der Waals surface area contributed by atoms with E-state index in [1.165, 1.54) is 91.5 Å². The van der Waals surface area contributed by atoms with Crippen molar-refractivity contribution in [2.45, 2.75) is 0 Å². The molecule has 3 heteroatoms. The Morgan fingerprint density at radius 1 is 0.339 bits per heavy atom. The third-order valence-corrected chi connectivity index (χ3v) is 13.2. The number of nitrogens with zero attached hydrogens (tertiary/aromatic N) is 2. The van der Waals surface area contributed by atoms with Crippen molar-refractivity contribution in [1.82, 2.24) is 4.57 Å². The minimum Gasteiger partial charge on any atom is -0.309 e. The molecule has 0 atom stereocenters. The predicted octanol–water partition coefficient (Wildman–Crippen LogP) is 16.3. The van der Waals surface area contributed by atoms with E-state index in [0.717, 1.165) is 17.1 Å². The van der Waals surface area contributed by atoms with Crippen molar-refractivity contribution >= 4 is 91.9 Å². The Morgan fingerprint density at radius 3 is 1.75 bits per heavy atom. The molecule has 0 saturated heterocycles. The van der Waals surface area contributed by atoms with Gasteiger partial charge < -0.3 is 9.47 Å². The molecule has 0 amide bonds. The molecule has 12 aromatic rings. The number of thiophene rings is 1. The van der Waals surface area contributed by atoms with Crippen LogP contribution in [0, 0.1) is 0 Å². The third kappa shape index (κ3) is 5.47. The first-order valence-electron chi connectivity index (χ1n) is 20.2. The Morgan fingerprint density at radius 2 is 0.932 bits per heavy atom. The largest absolute Gasteiger partial charge is 0.309 e. The van der Waals surface area contributed by atoms with Crippen LogP contribution in [0.2, 0.25) is 0 Å². The number of anilines is 3. The summed E-state index contributed by atoms with van der Waals surface area (Å²) < 4.78 is 4.99. The van der Waals surface area contributed by atoms with E-state index in [-0.39, 0.29) is 0 Å². The molecule has 2 aromatic heterocycles.